The van der Waals surface area contributed by atoms with Crippen LogP contribution < -0.4 is 5.32 Å². The van der Waals surface area contributed by atoms with Crippen LogP contribution in [0.1, 0.15) is 116 Å². The molecule has 0 radical (unpaired) electrons. The van der Waals surface area contributed by atoms with Gasteiger partial charge in [0.1, 0.15) is 6.23 Å². The molecule has 25 heavy (non-hydrogen) atoms. The van der Waals surface area contributed by atoms with Crippen molar-refractivity contribution < 1.29 is 5.11 Å². The molecule has 1 aliphatic heterocycles. The predicted molar refractivity (Wildman–Crippen MR) is 110 cm³/mol. The van der Waals surface area contributed by atoms with Crippen LogP contribution in [-0.2, 0) is 0 Å². The summed E-state index contributed by atoms with van der Waals surface area (Å²) in [6, 6.07) is 0. The molecule has 3 nitrogen and oxygen atoms in total. The number of hydrogen-bond acceptors (Lipinski definition) is 3. The Morgan fingerprint density at radius 3 is 1.56 bits per heavy atom. The number of aliphatic hydroxyl groups excluding tert-OH is 1. The Morgan fingerprint density at radius 1 is 0.720 bits per heavy atom. The Kier molecular flexibility index (Phi) is 15.9. The van der Waals surface area contributed by atoms with Crippen molar-refractivity contribution >= 4 is 0 Å². The molecule has 1 aliphatic rings. The molecule has 1 unspecified atom stereocenters. The van der Waals surface area contributed by atoms with Crippen LogP contribution in [0.2, 0.25) is 0 Å². The summed E-state index contributed by atoms with van der Waals surface area (Å²) < 4.78 is 0. The normalized spacial score (nSPS) is 16.6. The molecule has 0 spiro atoms. The highest BCUT2D eigenvalue weighted by molar-refractivity contribution is 4.68. The van der Waals surface area contributed by atoms with E-state index in [1.54, 1.807) is 0 Å². The van der Waals surface area contributed by atoms with Crippen LogP contribution in [0, 0.1) is 0 Å². The number of rotatable bonds is 18. The summed E-state index contributed by atoms with van der Waals surface area (Å²) in [4.78, 5) is 2.14. The molecule has 1 saturated heterocycles. The van der Waals surface area contributed by atoms with Gasteiger partial charge in [0.2, 0.25) is 0 Å². The van der Waals surface area contributed by atoms with E-state index in [0.717, 1.165) is 26.2 Å². The Labute approximate surface area is 158 Å². The van der Waals surface area contributed by atoms with Crippen molar-refractivity contribution in [2.75, 3.05) is 19.8 Å². The van der Waals surface area contributed by atoms with E-state index < -0.39 is 0 Å². The van der Waals surface area contributed by atoms with Crippen molar-refractivity contribution in [3.8, 4) is 0 Å². The van der Waals surface area contributed by atoms with Crippen molar-refractivity contribution in [2.24, 2.45) is 0 Å². The minimum absolute atomic E-state index is 0.221. The fourth-order valence-corrected chi connectivity index (χ4v) is 3.84. The van der Waals surface area contributed by atoms with Gasteiger partial charge in [-0.2, -0.15) is 0 Å². The molecule has 1 heterocycles. The first-order chi connectivity index (χ1) is 12.3. The van der Waals surface area contributed by atoms with Crippen LogP contribution in [0.15, 0.2) is 0 Å². The van der Waals surface area contributed by atoms with Crippen LogP contribution in [0.25, 0.3) is 0 Å². The number of hydrogen-bond donors (Lipinski definition) is 2. The third kappa shape index (κ3) is 13.7. The fraction of sp³-hybridized carbons (Fsp3) is 1.00. The van der Waals surface area contributed by atoms with Crippen molar-refractivity contribution in [2.45, 2.75) is 122 Å². The second-order valence-electron chi connectivity index (χ2n) is 8.04. The lowest BCUT2D eigenvalue weighted by Crippen LogP contribution is -2.33. The van der Waals surface area contributed by atoms with E-state index in [0.29, 0.717) is 0 Å². The highest BCUT2D eigenvalue weighted by atomic mass is 16.3. The van der Waals surface area contributed by atoms with Gasteiger partial charge in [0.15, 0.2) is 0 Å². The maximum atomic E-state index is 10.1. The van der Waals surface area contributed by atoms with E-state index in [-0.39, 0.29) is 6.23 Å². The van der Waals surface area contributed by atoms with E-state index in [1.165, 1.54) is 103 Å². The molecule has 2 N–H and O–H groups in total. The van der Waals surface area contributed by atoms with Crippen molar-refractivity contribution in [1.29, 1.82) is 0 Å². The number of nitrogens with zero attached hydrogens (tertiary/aromatic N) is 1. The highest BCUT2D eigenvalue weighted by Gasteiger charge is 2.18. The van der Waals surface area contributed by atoms with Gasteiger partial charge >= 0.3 is 0 Å². The summed E-state index contributed by atoms with van der Waals surface area (Å²) in [6.07, 6.45) is 23.2. The summed E-state index contributed by atoms with van der Waals surface area (Å²) in [5.74, 6) is 0. The lowest BCUT2D eigenvalue weighted by Gasteiger charge is -2.21. The molecule has 1 fully saturated rings. The molecule has 150 valence electrons. The quantitative estimate of drug-likeness (QED) is 0.304. The zero-order chi connectivity index (χ0) is 18.0. The minimum Gasteiger partial charge on any atom is -0.378 e. The highest BCUT2D eigenvalue weighted by Crippen LogP contribution is 2.15. The summed E-state index contributed by atoms with van der Waals surface area (Å²) in [5, 5.41) is 13.3. The van der Waals surface area contributed by atoms with Gasteiger partial charge < -0.3 is 10.4 Å². The lowest BCUT2D eigenvalue weighted by molar-refractivity contribution is 0.0113. The molecule has 0 amide bonds. The summed E-state index contributed by atoms with van der Waals surface area (Å²) in [6.45, 7) is 5.17. The standard InChI is InChI=1S/C22H46N2O/c1-2-3-4-5-6-7-8-9-10-11-12-13-14-15-16-17-18-22(25)24-20-19-23-21-24/h22-23,25H,2-21H2,1H3. The fourth-order valence-electron chi connectivity index (χ4n) is 3.84. The Balaban J connectivity index is 1.69. The van der Waals surface area contributed by atoms with Crippen LogP contribution in [0.4, 0.5) is 0 Å². The topological polar surface area (TPSA) is 35.5 Å². The smallest absolute Gasteiger partial charge is 0.108 e. The summed E-state index contributed by atoms with van der Waals surface area (Å²) in [5.41, 5.74) is 0. The Bertz CT molecular complexity index is 267. The second-order valence-corrected chi connectivity index (χ2v) is 8.04. The van der Waals surface area contributed by atoms with Gasteiger partial charge in [0.25, 0.3) is 0 Å². The molecular weight excluding hydrogens is 308 g/mol. The van der Waals surface area contributed by atoms with E-state index in [2.05, 4.69) is 17.1 Å². The lowest BCUT2D eigenvalue weighted by atomic mass is 10.0. The molecule has 0 bridgehead atoms. The van der Waals surface area contributed by atoms with E-state index in [9.17, 15) is 5.11 Å². The molecule has 3 heteroatoms. The predicted octanol–water partition coefficient (Wildman–Crippen LogP) is 5.82. The minimum atomic E-state index is -0.221. The third-order valence-corrected chi connectivity index (χ3v) is 5.63. The summed E-state index contributed by atoms with van der Waals surface area (Å²) >= 11 is 0. The first kappa shape index (κ1) is 22.9. The van der Waals surface area contributed by atoms with Gasteiger partial charge in [-0.05, 0) is 12.8 Å². The third-order valence-electron chi connectivity index (χ3n) is 5.63. The van der Waals surface area contributed by atoms with Crippen LogP contribution in [-0.4, -0.2) is 36.0 Å². The zero-order valence-electron chi connectivity index (χ0n) is 17.1. The first-order valence-corrected chi connectivity index (χ1v) is 11.5. The molecule has 1 rings (SSSR count). The van der Waals surface area contributed by atoms with Crippen LogP contribution >= 0.6 is 0 Å². The average molecular weight is 355 g/mol. The van der Waals surface area contributed by atoms with E-state index in [1.807, 2.05) is 0 Å². The van der Waals surface area contributed by atoms with Crippen LogP contribution in [0.3, 0.4) is 0 Å². The average Bonchev–Trinajstić information content (AvgIpc) is 3.16. The monoisotopic (exact) mass is 354 g/mol. The SMILES string of the molecule is CCCCCCCCCCCCCCCCCCC(O)N1CCNC1. The van der Waals surface area contributed by atoms with Crippen molar-refractivity contribution in [3.05, 3.63) is 0 Å². The van der Waals surface area contributed by atoms with Gasteiger partial charge in [-0.3, -0.25) is 4.90 Å². The Morgan fingerprint density at radius 2 is 1.16 bits per heavy atom. The second kappa shape index (κ2) is 17.3. The van der Waals surface area contributed by atoms with E-state index >= 15 is 0 Å². The number of aliphatic hydroxyl groups is 1. The largest absolute Gasteiger partial charge is 0.378 e. The van der Waals surface area contributed by atoms with Gasteiger partial charge in [-0.25, -0.2) is 0 Å². The van der Waals surface area contributed by atoms with Gasteiger partial charge in [0, 0.05) is 13.1 Å². The maximum Gasteiger partial charge on any atom is 0.108 e. The van der Waals surface area contributed by atoms with Crippen molar-refractivity contribution in [3.63, 3.8) is 0 Å². The number of unbranched alkanes of at least 4 members (excludes halogenated alkanes) is 15. The number of nitrogens with one attached hydrogen (secondary N) is 1. The van der Waals surface area contributed by atoms with Gasteiger partial charge in [-0.15, -0.1) is 0 Å². The van der Waals surface area contributed by atoms with E-state index in [4.69, 9.17) is 0 Å². The Hall–Kier alpha value is -0.120. The van der Waals surface area contributed by atoms with Crippen molar-refractivity contribution in [1.82, 2.24) is 10.2 Å². The van der Waals surface area contributed by atoms with Gasteiger partial charge in [0.05, 0.1) is 6.67 Å². The van der Waals surface area contributed by atoms with Gasteiger partial charge in [-0.1, -0.05) is 103 Å². The molecule has 0 aromatic carbocycles. The maximum absolute atomic E-state index is 10.1. The zero-order valence-corrected chi connectivity index (χ0v) is 17.1. The summed E-state index contributed by atoms with van der Waals surface area (Å²) in [7, 11) is 0. The molecular formula is C22H46N2O. The first-order valence-electron chi connectivity index (χ1n) is 11.5. The molecule has 1 atom stereocenters. The molecule has 0 aromatic rings. The van der Waals surface area contributed by atoms with Crippen LogP contribution in [0.5, 0.6) is 0 Å². The molecule has 0 aromatic heterocycles. The molecule has 0 aliphatic carbocycles. The molecule has 0 saturated carbocycles.